The Morgan fingerprint density at radius 3 is 2.46 bits per heavy atom. The Kier molecular flexibility index (Phi) is 3.09. The van der Waals surface area contributed by atoms with Crippen LogP contribution in [-0.2, 0) is 12.0 Å². The first-order chi connectivity index (χ1) is 11.8. The van der Waals surface area contributed by atoms with Gasteiger partial charge in [-0.1, -0.05) is 18.2 Å². The van der Waals surface area contributed by atoms with Gasteiger partial charge >= 0.3 is 0 Å². The topological polar surface area (TPSA) is 38.1 Å². The van der Waals surface area contributed by atoms with Crippen molar-refractivity contribution >= 4 is 5.91 Å². The third-order valence-electron chi connectivity index (χ3n) is 6.20. The van der Waals surface area contributed by atoms with Crippen LogP contribution in [0.1, 0.15) is 59.9 Å². The Hall–Kier alpha value is -2.10. The Morgan fingerprint density at radius 2 is 1.75 bits per heavy atom. The molecule has 2 aliphatic heterocycles. The van der Waals surface area contributed by atoms with E-state index in [0.717, 1.165) is 44.0 Å². The lowest BCUT2D eigenvalue weighted by Crippen LogP contribution is -2.44. The highest BCUT2D eigenvalue weighted by molar-refractivity contribution is 5.94. The molecule has 0 bridgehead atoms. The molecule has 0 atom stereocenters. The molecule has 4 nitrogen and oxygen atoms in total. The number of hydrogen-bond donors (Lipinski definition) is 0. The molecule has 1 spiro atoms. The first-order valence-corrected chi connectivity index (χ1v) is 9.17. The molecule has 0 N–H and O–H groups in total. The SMILES string of the molecule is O=C(c1ccccc1)N1CCC2(CC1)CCn1c(C3CC3)cnc12. The van der Waals surface area contributed by atoms with Crippen molar-refractivity contribution < 1.29 is 4.79 Å². The molecule has 3 aliphatic rings. The number of fused-ring (bicyclic) bond motifs is 2. The zero-order chi connectivity index (χ0) is 16.1. The lowest BCUT2D eigenvalue weighted by molar-refractivity contribution is 0.0663. The number of piperidine rings is 1. The first kappa shape index (κ1) is 14.3. The minimum absolute atomic E-state index is 0.172. The number of imidazole rings is 1. The van der Waals surface area contributed by atoms with Crippen LogP contribution in [0.3, 0.4) is 0 Å². The molecule has 3 heterocycles. The van der Waals surface area contributed by atoms with E-state index in [1.165, 1.54) is 30.8 Å². The van der Waals surface area contributed by atoms with Gasteiger partial charge in [-0.25, -0.2) is 4.98 Å². The van der Waals surface area contributed by atoms with E-state index in [4.69, 9.17) is 4.98 Å². The van der Waals surface area contributed by atoms with Crippen LogP contribution in [0.2, 0.25) is 0 Å². The van der Waals surface area contributed by atoms with Gasteiger partial charge in [0.25, 0.3) is 5.91 Å². The van der Waals surface area contributed by atoms with E-state index in [9.17, 15) is 4.79 Å². The van der Waals surface area contributed by atoms with Gasteiger partial charge in [0.2, 0.25) is 0 Å². The van der Waals surface area contributed by atoms with Crippen LogP contribution in [0.15, 0.2) is 36.5 Å². The first-order valence-electron chi connectivity index (χ1n) is 9.17. The van der Waals surface area contributed by atoms with Gasteiger partial charge in [-0.2, -0.15) is 0 Å². The lowest BCUT2D eigenvalue weighted by atomic mass is 9.76. The van der Waals surface area contributed by atoms with Crippen molar-refractivity contribution in [1.82, 2.24) is 14.5 Å². The standard InChI is InChI=1S/C20H23N3O/c24-18(16-4-2-1-3-5-16)22-11-8-20(9-12-22)10-13-23-17(15-6-7-15)14-21-19(20)23/h1-5,14-15H,6-13H2. The zero-order valence-electron chi connectivity index (χ0n) is 13.9. The summed E-state index contributed by atoms with van der Waals surface area (Å²) in [5.74, 6) is 2.24. The molecule has 0 unspecified atom stereocenters. The molecule has 2 fully saturated rings. The highest BCUT2D eigenvalue weighted by Crippen LogP contribution is 2.47. The van der Waals surface area contributed by atoms with Gasteiger partial charge in [0, 0.05) is 48.4 Å². The van der Waals surface area contributed by atoms with Gasteiger partial charge in [-0.15, -0.1) is 0 Å². The fourth-order valence-corrected chi connectivity index (χ4v) is 4.56. The van der Waals surface area contributed by atoms with E-state index in [-0.39, 0.29) is 11.3 Å². The van der Waals surface area contributed by atoms with E-state index in [2.05, 4.69) is 10.8 Å². The van der Waals surface area contributed by atoms with Crippen LogP contribution in [0.4, 0.5) is 0 Å². The predicted molar refractivity (Wildman–Crippen MR) is 92.1 cm³/mol. The number of likely N-dealkylation sites (tertiary alicyclic amines) is 1. The molecule has 2 aromatic rings. The van der Waals surface area contributed by atoms with Crippen molar-refractivity contribution in [2.24, 2.45) is 0 Å². The minimum atomic E-state index is 0.172. The van der Waals surface area contributed by atoms with Crippen molar-refractivity contribution in [3.8, 4) is 0 Å². The summed E-state index contributed by atoms with van der Waals surface area (Å²) in [6, 6.07) is 9.66. The van der Waals surface area contributed by atoms with Crippen molar-refractivity contribution in [2.75, 3.05) is 13.1 Å². The second-order valence-corrected chi connectivity index (χ2v) is 7.62. The van der Waals surface area contributed by atoms with Crippen LogP contribution in [0, 0.1) is 0 Å². The molecule has 124 valence electrons. The van der Waals surface area contributed by atoms with E-state index in [1.807, 2.05) is 35.2 Å². The molecule has 1 aromatic heterocycles. The van der Waals surface area contributed by atoms with Crippen LogP contribution >= 0.6 is 0 Å². The maximum absolute atomic E-state index is 12.7. The maximum Gasteiger partial charge on any atom is 0.253 e. The largest absolute Gasteiger partial charge is 0.339 e. The number of carbonyl (C=O) groups is 1. The summed E-state index contributed by atoms with van der Waals surface area (Å²) in [4.78, 5) is 19.5. The fraction of sp³-hybridized carbons (Fsp3) is 0.500. The molecule has 5 rings (SSSR count). The predicted octanol–water partition coefficient (Wildman–Crippen LogP) is 3.34. The van der Waals surface area contributed by atoms with Crippen molar-refractivity contribution in [2.45, 2.75) is 50.0 Å². The van der Waals surface area contributed by atoms with E-state index in [0.29, 0.717) is 0 Å². The second-order valence-electron chi connectivity index (χ2n) is 7.62. The molecule has 1 saturated carbocycles. The average molecular weight is 321 g/mol. The number of hydrogen-bond acceptors (Lipinski definition) is 2. The smallest absolute Gasteiger partial charge is 0.253 e. The number of nitrogens with zero attached hydrogens (tertiary/aromatic N) is 3. The summed E-state index contributed by atoms with van der Waals surface area (Å²) in [7, 11) is 0. The Morgan fingerprint density at radius 1 is 1.04 bits per heavy atom. The van der Waals surface area contributed by atoms with E-state index in [1.54, 1.807) is 0 Å². The van der Waals surface area contributed by atoms with Gasteiger partial charge in [0.1, 0.15) is 5.82 Å². The van der Waals surface area contributed by atoms with E-state index < -0.39 is 0 Å². The average Bonchev–Trinajstić information content (AvgIpc) is 3.30. The van der Waals surface area contributed by atoms with Crippen LogP contribution < -0.4 is 0 Å². The number of amides is 1. The lowest BCUT2D eigenvalue weighted by Gasteiger charge is -2.38. The summed E-state index contributed by atoms with van der Waals surface area (Å²) in [6.07, 6.45) is 8.08. The van der Waals surface area contributed by atoms with Gasteiger partial charge < -0.3 is 9.47 Å². The van der Waals surface area contributed by atoms with Crippen LogP contribution in [0.25, 0.3) is 0 Å². The molecular weight excluding hydrogens is 298 g/mol. The summed E-state index contributed by atoms with van der Waals surface area (Å²) in [5, 5.41) is 0. The highest BCUT2D eigenvalue weighted by Gasteiger charge is 2.45. The third kappa shape index (κ3) is 2.12. The van der Waals surface area contributed by atoms with Gasteiger partial charge in [0.05, 0.1) is 0 Å². The Balaban J connectivity index is 1.34. The zero-order valence-corrected chi connectivity index (χ0v) is 13.9. The van der Waals surface area contributed by atoms with Crippen molar-refractivity contribution in [3.05, 3.63) is 53.6 Å². The van der Waals surface area contributed by atoms with Crippen molar-refractivity contribution in [1.29, 1.82) is 0 Å². The maximum atomic E-state index is 12.7. The summed E-state index contributed by atoms with van der Waals surface area (Å²) in [6.45, 7) is 2.81. The number of carbonyl (C=O) groups excluding carboxylic acids is 1. The minimum Gasteiger partial charge on any atom is -0.339 e. The molecule has 24 heavy (non-hydrogen) atoms. The fourth-order valence-electron chi connectivity index (χ4n) is 4.56. The molecule has 0 radical (unpaired) electrons. The number of benzene rings is 1. The molecule has 1 aromatic carbocycles. The third-order valence-corrected chi connectivity index (χ3v) is 6.20. The Bertz CT molecular complexity index is 767. The number of aromatic nitrogens is 2. The second kappa shape index (κ2) is 5.20. The van der Waals surface area contributed by atoms with Gasteiger partial charge in [-0.3, -0.25) is 4.79 Å². The summed E-state index contributed by atoms with van der Waals surface area (Å²) >= 11 is 0. The van der Waals surface area contributed by atoms with Crippen LogP contribution in [0.5, 0.6) is 0 Å². The summed E-state index contributed by atoms with van der Waals surface area (Å²) in [5.41, 5.74) is 2.47. The normalized spacial score (nSPS) is 21.9. The Labute approximate surface area is 142 Å². The quantitative estimate of drug-likeness (QED) is 0.851. The summed E-state index contributed by atoms with van der Waals surface area (Å²) < 4.78 is 2.49. The molecule has 1 amide bonds. The van der Waals surface area contributed by atoms with Gasteiger partial charge in [-0.05, 0) is 44.2 Å². The molecule has 4 heteroatoms. The van der Waals surface area contributed by atoms with E-state index >= 15 is 0 Å². The molecule has 1 aliphatic carbocycles. The molecular formula is C20H23N3O. The number of rotatable bonds is 2. The highest BCUT2D eigenvalue weighted by atomic mass is 16.2. The molecule has 1 saturated heterocycles. The van der Waals surface area contributed by atoms with Crippen molar-refractivity contribution in [3.63, 3.8) is 0 Å². The monoisotopic (exact) mass is 321 g/mol. The van der Waals surface area contributed by atoms with Crippen LogP contribution in [-0.4, -0.2) is 33.4 Å². The van der Waals surface area contributed by atoms with Gasteiger partial charge in [0.15, 0.2) is 0 Å².